The Morgan fingerprint density at radius 3 is 2.73 bits per heavy atom. The molecule has 0 amide bonds. The molecule has 4 heterocycles. The molecule has 1 N–H and O–H groups in total. The molecular weight excluding hydrogens is 348 g/mol. The first-order chi connectivity index (χ1) is 12.4. The zero-order valence-corrected chi connectivity index (χ0v) is 16.0. The Morgan fingerprint density at radius 2 is 2.08 bits per heavy atom. The summed E-state index contributed by atoms with van der Waals surface area (Å²) < 4.78 is 3.41. The highest BCUT2D eigenvalue weighted by atomic mass is 32.1. The number of rotatable bonds is 4. The summed E-state index contributed by atoms with van der Waals surface area (Å²) in [6.45, 7) is 7.87. The van der Waals surface area contributed by atoms with Gasteiger partial charge in [-0.05, 0) is 39.1 Å². The third-order valence-corrected chi connectivity index (χ3v) is 5.39. The van der Waals surface area contributed by atoms with Gasteiger partial charge in [0.1, 0.15) is 11.6 Å². The van der Waals surface area contributed by atoms with Crippen molar-refractivity contribution in [2.45, 2.75) is 40.2 Å². The van der Waals surface area contributed by atoms with Crippen LogP contribution in [0.5, 0.6) is 0 Å². The summed E-state index contributed by atoms with van der Waals surface area (Å²) in [5.41, 5.74) is 3.25. The van der Waals surface area contributed by atoms with Crippen LogP contribution in [0.15, 0.2) is 28.4 Å². The number of H-pyrrole nitrogens is 1. The quantitative estimate of drug-likeness (QED) is 0.600. The first-order valence-corrected chi connectivity index (χ1v) is 9.37. The van der Waals surface area contributed by atoms with Crippen molar-refractivity contribution in [3.63, 3.8) is 0 Å². The molecule has 26 heavy (non-hydrogen) atoms. The van der Waals surface area contributed by atoms with Gasteiger partial charge in [0.2, 0.25) is 0 Å². The maximum Gasteiger partial charge on any atom is 0.272 e. The molecule has 0 aliphatic heterocycles. The van der Waals surface area contributed by atoms with Gasteiger partial charge in [0.15, 0.2) is 5.65 Å². The van der Waals surface area contributed by atoms with Crippen LogP contribution < -0.4 is 5.56 Å². The average molecular weight is 368 g/mol. The standard InChI is InChI=1S/C18H20N6OS/c1-10(23-13(4)19-12(3)21-23)8-14-9-16(25)24-18(20-14)11(2)17(22-24)15-6-5-7-26-15/h5-7,9-10,22H,8H2,1-4H3/t10-/m0/s1. The van der Waals surface area contributed by atoms with Gasteiger partial charge < -0.3 is 0 Å². The van der Waals surface area contributed by atoms with Crippen molar-refractivity contribution in [3.05, 3.63) is 56.8 Å². The number of thiophene rings is 1. The minimum atomic E-state index is -0.102. The summed E-state index contributed by atoms with van der Waals surface area (Å²) in [6.07, 6.45) is 0.619. The van der Waals surface area contributed by atoms with Crippen molar-refractivity contribution in [1.29, 1.82) is 0 Å². The molecule has 0 unspecified atom stereocenters. The van der Waals surface area contributed by atoms with E-state index in [2.05, 4.69) is 22.1 Å². The van der Waals surface area contributed by atoms with E-state index in [0.29, 0.717) is 12.1 Å². The molecule has 0 fully saturated rings. The smallest absolute Gasteiger partial charge is 0.272 e. The van der Waals surface area contributed by atoms with Crippen molar-refractivity contribution in [1.82, 2.24) is 29.4 Å². The van der Waals surface area contributed by atoms with Crippen LogP contribution in [0, 0.1) is 20.8 Å². The molecule has 4 aromatic heterocycles. The molecule has 4 aromatic rings. The number of nitrogens with one attached hydrogen (secondary N) is 1. The molecular formula is C18H20N6OS. The summed E-state index contributed by atoms with van der Waals surface area (Å²) >= 11 is 1.63. The molecule has 0 radical (unpaired) electrons. The number of nitrogens with zero attached hydrogens (tertiary/aromatic N) is 5. The third kappa shape index (κ3) is 2.76. The molecule has 0 aliphatic rings. The molecule has 0 saturated carbocycles. The fraction of sp³-hybridized carbons (Fsp3) is 0.333. The van der Waals surface area contributed by atoms with E-state index in [1.54, 1.807) is 17.4 Å². The van der Waals surface area contributed by atoms with Gasteiger partial charge in [-0.2, -0.15) is 5.10 Å². The van der Waals surface area contributed by atoms with Gasteiger partial charge in [0.25, 0.3) is 5.56 Å². The summed E-state index contributed by atoms with van der Waals surface area (Å²) in [4.78, 5) is 22.8. The number of fused-ring (bicyclic) bond motifs is 1. The molecule has 0 spiro atoms. The van der Waals surface area contributed by atoms with Crippen LogP contribution in [0.1, 0.15) is 35.9 Å². The minimum absolute atomic E-state index is 0.0709. The molecule has 0 aliphatic carbocycles. The number of hydrogen-bond donors (Lipinski definition) is 1. The maximum atomic E-state index is 12.6. The highest BCUT2D eigenvalue weighted by Gasteiger charge is 2.17. The Balaban J connectivity index is 1.74. The van der Waals surface area contributed by atoms with Crippen LogP contribution in [-0.2, 0) is 6.42 Å². The van der Waals surface area contributed by atoms with Gasteiger partial charge in [-0.25, -0.2) is 19.2 Å². The Labute approximate surface area is 154 Å². The van der Waals surface area contributed by atoms with Crippen molar-refractivity contribution < 1.29 is 0 Å². The predicted octanol–water partition coefficient (Wildman–Crippen LogP) is 3.07. The van der Waals surface area contributed by atoms with Crippen LogP contribution >= 0.6 is 11.3 Å². The van der Waals surface area contributed by atoms with Crippen molar-refractivity contribution >= 4 is 17.0 Å². The number of aromatic nitrogens is 6. The van der Waals surface area contributed by atoms with E-state index in [9.17, 15) is 4.79 Å². The molecule has 7 nitrogen and oxygen atoms in total. The first kappa shape index (κ1) is 16.7. The number of aryl methyl sites for hydroxylation is 3. The van der Waals surface area contributed by atoms with Gasteiger partial charge in [-0.1, -0.05) is 6.07 Å². The fourth-order valence-corrected chi connectivity index (χ4v) is 4.08. The summed E-state index contributed by atoms with van der Waals surface area (Å²) in [5.74, 6) is 1.62. The van der Waals surface area contributed by atoms with Crippen molar-refractivity contribution in [2.75, 3.05) is 0 Å². The summed E-state index contributed by atoms with van der Waals surface area (Å²) in [5, 5.41) is 9.64. The molecule has 0 aromatic carbocycles. The third-order valence-electron chi connectivity index (χ3n) is 4.50. The largest absolute Gasteiger partial charge is 0.288 e. The van der Waals surface area contributed by atoms with Crippen LogP contribution in [0.2, 0.25) is 0 Å². The monoisotopic (exact) mass is 368 g/mol. The average Bonchev–Trinajstić information content (AvgIpc) is 3.28. The number of hydrogen-bond acceptors (Lipinski definition) is 5. The topological polar surface area (TPSA) is 80.9 Å². The van der Waals surface area contributed by atoms with E-state index < -0.39 is 0 Å². The minimum Gasteiger partial charge on any atom is -0.288 e. The Kier molecular flexibility index (Phi) is 3.99. The zero-order chi connectivity index (χ0) is 18.4. The molecule has 4 rings (SSSR count). The Hall–Kier alpha value is -2.74. The fourth-order valence-electron chi connectivity index (χ4n) is 3.30. The van der Waals surface area contributed by atoms with Gasteiger partial charge in [0.05, 0.1) is 22.3 Å². The van der Waals surface area contributed by atoms with Gasteiger partial charge in [0, 0.05) is 18.1 Å². The number of aromatic amines is 1. The van der Waals surface area contributed by atoms with Crippen LogP contribution in [0.3, 0.4) is 0 Å². The molecule has 0 bridgehead atoms. The summed E-state index contributed by atoms with van der Waals surface area (Å²) in [7, 11) is 0. The van der Waals surface area contributed by atoms with E-state index in [0.717, 1.165) is 33.5 Å². The normalized spacial score (nSPS) is 12.8. The van der Waals surface area contributed by atoms with E-state index in [4.69, 9.17) is 4.98 Å². The summed E-state index contributed by atoms with van der Waals surface area (Å²) in [6, 6.07) is 5.70. The Morgan fingerprint density at radius 1 is 1.27 bits per heavy atom. The lowest BCUT2D eigenvalue weighted by molar-refractivity contribution is 0.469. The first-order valence-electron chi connectivity index (χ1n) is 8.49. The Bertz CT molecular complexity index is 1130. The lowest BCUT2D eigenvalue weighted by Crippen LogP contribution is -2.18. The molecule has 1 atom stereocenters. The van der Waals surface area contributed by atoms with Crippen LogP contribution in [-0.4, -0.2) is 29.4 Å². The highest BCUT2D eigenvalue weighted by molar-refractivity contribution is 7.13. The van der Waals surface area contributed by atoms with Gasteiger partial charge in [-0.15, -0.1) is 11.3 Å². The van der Waals surface area contributed by atoms with Crippen LogP contribution in [0.4, 0.5) is 0 Å². The van der Waals surface area contributed by atoms with Gasteiger partial charge in [-0.3, -0.25) is 9.89 Å². The van der Waals surface area contributed by atoms with Crippen molar-refractivity contribution in [3.8, 4) is 10.6 Å². The van der Waals surface area contributed by atoms with E-state index in [-0.39, 0.29) is 11.6 Å². The molecule has 134 valence electrons. The molecule has 8 heteroatoms. The maximum absolute atomic E-state index is 12.6. The van der Waals surface area contributed by atoms with Crippen LogP contribution in [0.25, 0.3) is 16.2 Å². The lowest BCUT2D eigenvalue weighted by Gasteiger charge is -2.12. The van der Waals surface area contributed by atoms with E-state index >= 15 is 0 Å². The van der Waals surface area contributed by atoms with Gasteiger partial charge >= 0.3 is 0 Å². The zero-order valence-electron chi connectivity index (χ0n) is 15.1. The predicted molar refractivity (Wildman–Crippen MR) is 102 cm³/mol. The van der Waals surface area contributed by atoms with E-state index in [1.807, 2.05) is 43.0 Å². The van der Waals surface area contributed by atoms with Crippen molar-refractivity contribution in [2.24, 2.45) is 0 Å². The highest BCUT2D eigenvalue weighted by Crippen LogP contribution is 2.28. The second-order valence-corrected chi connectivity index (χ2v) is 7.49. The van der Waals surface area contributed by atoms with E-state index in [1.165, 1.54) is 4.52 Å². The SMILES string of the molecule is Cc1nc(C)n([C@@H](C)Cc2cc(=O)n3[nH]c(-c4cccs4)c(C)c3n2)n1. The second kappa shape index (κ2) is 6.21. The second-order valence-electron chi connectivity index (χ2n) is 6.54. The molecule has 0 saturated heterocycles. The lowest BCUT2D eigenvalue weighted by atomic mass is 10.1.